The first-order valence-electron chi connectivity index (χ1n) is 14.2. The smallest absolute Gasteiger partial charge is 0.261 e. The van der Waals surface area contributed by atoms with Crippen LogP contribution in [0, 0.1) is 24.4 Å². The maximum atomic E-state index is 13.9. The van der Waals surface area contributed by atoms with Crippen molar-refractivity contribution in [1.82, 2.24) is 25.4 Å². The van der Waals surface area contributed by atoms with Gasteiger partial charge in [-0.3, -0.25) is 14.6 Å². The van der Waals surface area contributed by atoms with E-state index in [0.717, 1.165) is 36.3 Å². The molecule has 2 amide bonds. The molecule has 1 unspecified atom stereocenters. The van der Waals surface area contributed by atoms with Crippen LogP contribution in [0.5, 0.6) is 5.75 Å². The summed E-state index contributed by atoms with van der Waals surface area (Å²) in [5.74, 6) is -2.11. The highest BCUT2D eigenvalue weighted by molar-refractivity contribution is 7.17. The number of nitrogens with one attached hydrogen (secondary N) is 1. The molecular weight excluding hydrogens is 607 g/mol. The van der Waals surface area contributed by atoms with Crippen molar-refractivity contribution in [3.8, 4) is 27.6 Å². The van der Waals surface area contributed by atoms with E-state index in [2.05, 4.69) is 15.5 Å². The van der Waals surface area contributed by atoms with Crippen molar-refractivity contribution in [2.45, 2.75) is 39.0 Å². The molecule has 1 atom stereocenters. The van der Waals surface area contributed by atoms with Crippen molar-refractivity contribution in [3.05, 3.63) is 105 Å². The second-order valence-corrected chi connectivity index (χ2v) is 11.8. The predicted octanol–water partition coefficient (Wildman–Crippen LogP) is 6.39. The number of nitrogens with zero attached hydrogens (tertiary/aromatic N) is 4. The third-order valence-corrected chi connectivity index (χ3v) is 8.89. The Morgan fingerprint density at radius 3 is 2.62 bits per heavy atom. The van der Waals surface area contributed by atoms with Gasteiger partial charge in [0.2, 0.25) is 11.8 Å². The zero-order valence-electron chi connectivity index (χ0n) is 23.8. The Labute approximate surface area is 258 Å². The lowest BCUT2D eigenvalue weighted by atomic mass is 9.95. The Kier molecular flexibility index (Phi) is 7.32. The molecule has 5 aromatic rings. The number of ether oxygens (including phenoxy) is 1. The molecule has 45 heavy (non-hydrogen) atoms. The van der Waals surface area contributed by atoms with Crippen molar-refractivity contribution in [3.63, 3.8) is 0 Å². The molecule has 2 aromatic carbocycles. The van der Waals surface area contributed by atoms with E-state index < -0.39 is 23.4 Å². The number of hydrogen-bond donors (Lipinski definition) is 1. The molecule has 0 bridgehead atoms. The van der Waals surface area contributed by atoms with Crippen molar-refractivity contribution in [1.29, 1.82) is 0 Å². The van der Waals surface area contributed by atoms with Gasteiger partial charge in [0, 0.05) is 30.5 Å². The Bertz CT molecular complexity index is 1960. The summed E-state index contributed by atoms with van der Waals surface area (Å²) < 4.78 is 52.4. The van der Waals surface area contributed by atoms with Crippen LogP contribution in [-0.4, -0.2) is 38.4 Å². The highest BCUT2D eigenvalue weighted by atomic mass is 32.1. The zero-order valence-corrected chi connectivity index (χ0v) is 24.6. The van der Waals surface area contributed by atoms with E-state index in [4.69, 9.17) is 14.1 Å². The quantitative estimate of drug-likeness (QED) is 0.212. The number of aryl methyl sites for hydroxylation is 1. The van der Waals surface area contributed by atoms with E-state index in [1.165, 1.54) is 30.3 Å². The number of fused-ring (bicyclic) bond motifs is 3. The van der Waals surface area contributed by atoms with E-state index in [9.17, 15) is 22.8 Å². The highest BCUT2D eigenvalue weighted by Crippen LogP contribution is 2.49. The molecule has 0 radical (unpaired) electrons. The van der Waals surface area contributed by atoms with E-state index in [1.807, 2.05) is 0 Å². The number of benzene rings is 2. The second kappa shape index (κ2) is 11.5. The van der Waals surface area contributed by atoms with Gasteiger partial charge in [-0.05, 0) is 66.9 Å². The standard InChI is InChI=1S/C32H24F3N5O4S/c1-16-38-39-31(44-16)26-22(15-43-19-7-5-18(33)6-8-19)37-29-23-3-2-12-40(23)32(42)28(29)27(26)24-10-11-25(45-24)30(41)36-14-17-4-9-20(34)21(35)13-17/h4-11,13,23H,2-3,12,14-15H2,1H3,(H,36,41). The van der Waals surface area contributed by atoms with Crippen LogP contribution in [0.4, 0.5) is 13.2 Å². The van der Waals surface area contributed by atoms with Gasteiger partial charge in [-0.25, -0.2) is 13.2 Å². The van der Waals surface area contributed by atoms with Gasteiger partial charge in [0.1, 0.15) is 18.2 Å². The minimum atomic E-state index is -1.00. The fraction of sp³-hybridized carbons (Fsp3) is 0.219. The molecule has 1 saturated heterocycles. The number of carbonyl (C=O) groups excluding carboxylic acids is 2. The van der Waals surface area contributed by atoms with Crippen LogP contribution in [0.3, 0.4) is 0 Å². The van der Waals surface area contributed by atoms with Gasteiger partial charge >= 0.3 is 0 Å². The van der Waals surface area contributed by atoms with Gasteiger partial charge < -0.3 is 19.4 Å². The number of thiophene rings is 1. The molecule has 0 aliphatic carbocycles. The fourth-order valence-electron chi connectivity index (χ4n) is 5.72. The fourth-order valence-corrected chi connectivity index (χ4v) is 6.70. The third kappa shape index (κ3) is 5.33. The van der Waals surface area contributed by atoms with E-state index in [-0.39, 0.29) is 31.0 Å². The number of rotatable bonds is 8. The van der Waals surface area contributed by atoms with Gasteiger partial charge in [-0.2, -0.15) is 0 Å². The Morgan fingerprint density at radius 2 is 1.87 bits per heavy atom. The molecule has 5 heterocycles. The molecule has 228 valence electrons. The normalized spacial score (nSPS) is 15.3. The van der Waals surface area contributed by atoms with Crippen LogP contribution in [-0.2, 0) is 13.2 Å². The lowest BCUT2D eigenvalue weighted by Gasteiger charge is -2.16. The minimum Gasteiger partial charge on any atom is -0.487 e. The van der Waals surface area contributed by atoms with Gasteiger partial charge in [-0.1, -0.05) is 6.07 Å². The number of hydrogen-bond acceptors (Lipinski definition) is 8. The minimum absolute atomic E-state index is 0.0135. The average molecular weight is 632 g/mol. The van der Waals surface area contributed by atoms with Crippen LogP contribution in [0.1, 0.15) is 61.8 Å². The lowest BCUT2D eigenvalue weighted by molar-refractivity contribution is 0.0776. The third-order valence-electron chi connectivity index (χ3n) is 7.79. The first kappa shape index (κ1) is 28.7. The monoisotopic (exact) mass is 631 g/mol. The first-order valence-corrected chi connectivity index (χ1v) is 15.0. The Morgan fingerprint density at radius 1 is 1.04 bits per heavy atom. The first-order chi connectivity index (χ1) is 21.8. The van der Waals surface area contributed by atoms with Gasteiger partial charge in [0.25, 0.3) is 11.8 Å². The van der Waals surface area contributed by atoms with Crippen LogP contribution in [0.2, 0.25) is 0 Å². The van der Waals surface area contributed by atoms with Crippen molar-refractivity contribution < 1.29 is 31.9 Å². The molecule has 2 aliphatic heterocycles. The van der Waals surface area contributed by atoms with Gasteiger partial charge in [0.05, 0.1) is 33.4 Å². The molecular formula is C32H24F3N5O4S. The van der Waals surface area contributed by atoms with Crippen LogP contribution < -0.4 is 10.1 Å². The summed E-state index contributed by atoms with van der Waals surface area (Å²) in [6, 6.07) is 12.2. The number of aromatic nitrogens is 3. The summed E-state index contributed by atoms with van der Waals surface area (Å²) in [5.41, 5.74) is 2.77. The number of pyridine rings is 1. The molecule has 13 heteroatoms. The molecule has 0 saturated carbocycles. The molecule has 2 aliphatic rings. The molecule has 1 fully saturated rings. The highest BCUT2D eigenvalue weighted by Gasteiger charge is 2.45. The number of halogens is 3. The zero-order chi connectivity index (χ0) is 31.2. The maximum absolute atomic E-state index is 13.9. The molecule has 1 N–H and O–H groups in total. The van der Waals surface area contributed by atoms with Crippen LogP contribution in [0.25, 0.3) is 21.9 Å². The molecule has 0 spiro atoms. The van der Waals surface area contributed by atoms with Crippen LogP contribution in [0.15, 0.2) is 59.0 Å². The van der Waals surface area contributed by atoms with Gasteiger partial charge in [0.15, 0.2) is 11.6 Å². The second-order valence-electron chi connectivity index (χ2n) is 10.7. The van der Waals surface area contributed by atoms with Crippen molar-refractivity contribution >= 4 is 23.2 Å². The SMILES string of the molecule is Cc1nnc(-c2c(COc3ccc(F)cc3)nc3c(c2-c2ccc(C(=O)NCc4ccc(F)c(F)c4)s2)C(=O)N2CCCC32)o1. The van der Waals surface area contributed by atoms with Crippen molar-refractivity contribution in [2.24, 2.45) is 0 Å². The van der Waals surface area contributed by atoms with E-state index in [1.54, 1.807) is 24.0 Å². The summed E-state index contributed by atoms with van der Waals surface area (Å²) in [5, 5.41) is 11.0. The van der Waals surface area contributed by atoms with Crippen LogP contribution >= 0.6 is 11.3 Å². The van der Waals surface area contributed by atoms with Crippen molar-refractivity contribution in [2.75, 3.05) is 6.54 Å². The molecule has 9 nitrogen and oxygen atoms in total. The summed E-state index contributed by atoms with van der Waals surface area (Å²) in [6.07, 6.45) is 1.60. The topological polar surface area (TPSA) is 110 Å². The Hall–Kier alpha value is -5.04. The largest absolute Gasteiger partial charge is 0.487 e. The summed E-state index contributed by atoms with van der Waals surface area (Å²) in [7, 11) is 0. The van der Waals surface area contributed by atoms with E-state index >= 15 is 0 Å². The Balaban J connectivity index is 1.31. The van der Waals surface area contributed by atoms with E-state index in [0.29, 0.717) is 61.6 Å². The lowest BCUT2D eigenvalue weighted by Crippen LogP contribution is -2.23. The predicted molar refractivity (Wildman–Crippen MR) is 157 cm³/mol. The summed E-state index contributed by atoms with van der Waals surface area (Å²) in [6.45, 7) is 2.18. The average Bonchev–Trinajstić information content (AvgIpc) is 3.84. The number of carbonyl (C=O) groups is 2. The summed E-state index contributed by atoms with van der Waals surface area (Å²) >= 11 is 1.15. The van der Waals surface area contributed by atoms with Gasteiger partial charge in [-0.15, -0.1) is 21.5 Å². The molecule has 3 aromatic heterocycles. The maximum Gasteiger partial charge on any atom is 0.261 e. The molecule has 7 rings (SSSR count). The number of amides is 2. The summed E-state index contributed by atoms with van der Waals surface area (Å²) in [4.78, 5) is 34.7.